The number of carbonyl (C=O) groups excluding carboxylic acids is 2. The number of thiophene rings is 1. The highest BCUT2D eigenvalue weighted by atomic mass is 32.1. The molecule has 0 aromatic carbocycles. The molecule has 0 radical (unpaired) electrons. The number of carbonyl (C=O) groups is 2. The van der Waals surface area contributed by atoms with Gasteiger partial charge >= 0.3 is 0 Å². The molecule has 0 spiro atoms. The molecule has 5 fully saturated rings. The summed E-state index contributed by atoms with van der Waals surface area (Å²) in [6.07, 6.45) is 7.63. The Morgan fingerprint density at radius 2 is 1.69 bits per heavy atom. The third kappa shape index (κ3) is 3.49. The molecular formula is C25H31N3O3S. The minimum absolute atomic E-state index is 0.0704. The SMILES string of the molecule is Cc1oc(-c2cccs2)nc1CC(=O)N1CCN(C(=O)C23CC4CC(CC(C4)C2)C3)CC1. The Balaban J connectivity index is 1.07. The maximum absolute atomic E-state index is 13.6. The van der Waals surface area contributed by atoms with Crippen molar-refractivity contribution in [2.75, 3.05) is 26.2 Å². The molecule has 4 saturated carbocycles. The number of aromatic nitrogens is 1. The summed E-state index contributed by atoms with van der Waals surface area (Å²) < 4.78 is 5.79. The number of rotatable bonds is 4. The molecule has 7 rings (SSSR count). The van der Waals surface area contributed by atoms with Crippen LogP contribution in [0.5, 0.6) is 0 Å². The maximum atomic E-state index is 13.6. The molecule has 0 unspecified atom stereocenters. The van der Waals surface area contributed by atoms with Crippen LogP contribution in [0.4, 0.5) is 0 Å². The van der Waals surface area contributed by atoms with Gasteiger partial charge in [-0.25, -0.2) is 4.98 Å². The summed E-state index contributed by atoms with van der Waals surface area (Å²) in [6.45, 7) is 4.42. The molecule has 4 bridgehead atoms. The highest BCUT2D eigenvalue weighted by Crippen LogP contribution is 2.60. The maximum Gasteiger partial charge on any atom is 0.236 e. The zero-order valence-electron chi connectivity index (χ0n) is 18.7. The summed E-state index contributed by atoms with van der Waals surface area (Å²) in [5, 5.41) is 1.99. The Hall–Kier alpha value is -2.15. The third-order valence-corrected chi connectivity index (χ3v) is 9.21. The van der Waals surface area contributed by atoms with E-state index in [0.29, 0.717) is 49.4 Å². The monoisotopic (exact) mass is 453 g/mol. The molecule has 0 atom stereocenters. The lowest BCUT2D eigenvalue weighted by atomic mass is 9.49. The molecular weight excluding hydrogens is 422 g/mol. The Morgan fingerprint density at radius 1 is 1.06 bits per heavy atom. The van der Waals surface area contributed by atoms with Crippen LogP contribution in [0.1, 0.15) is 50.0 Å². The summed E-state index contributed by atoms with van der Waals surface area (Å²) >= 11 is 1.58. The van der Waals surface area contributed by atoms with Gasteiger partial charge in [-0.15, -0.1) is 11.3 Å². The van der Waals surface area contributed by atoms with Crippen molar-refractivity contribution >= 4 is 23.2 Å². The van der Waals surface area contributed by atoms with Gasteiger partial charge in [-0.05, 0) is 74.6 Å². The van der Waals surface area contributed by atoms with E-state index in [0.717, 1.165) is 41.9 Å². The second kappa shape index (κ2) is 7.72. The first-order valence-electron chi connectivity index (χ1n) is 12.1. The first-order chi connectivity index (χ1) is 15.5. The van der Waals surface area contributed by atoms with Crippen molar-refractivity contribution in [1.29, 1.82) is 0 Å². The van der Waals surface area contributed by atoms with Crippen LogP contribution in [0.2, 0.25) is 0 Å². The predicted octanol–water partition coefficient (Wildman–Crippen LogP) is 4.14. The van der Waals surface area contributed by atoms with Gasteiger partial charge in [0.05, 0.1) is 22.4 Å². The van der Waals surface area contributed by atoms with Gasteiger partial charge in [-0.2, -0.15) is 0 Å². The van der Waals surface area contributed by atoms with Crippen molar-refractivity contribution in [2.45, 2.75) is 51.9 Å². The first-order valence-corrected chi connectivity index (χ1v) is 12.9. The standard InChI is InChI=1S/C25H31N3O3S/c1-16-20(26-23(31-16)21-3-2-8-32-21)12-22(29)27-4-6-28(7-5-27)24(30)25-13-17-9-18(14-25)11-19(10-17)15-25/h2-3,8,17-19H,4-7,9-15H2,1H3. The Bertz CT molecular complexity index is 984. The van der Waals surface area contributed by atoms with Crippen LogP contribution in [0.25, 0.3) is 10.8 Å². The average molecular weight is 454 g/mol. The van der Waals surface area contributed by atoms with Crippen LogP contribution in [0.15, 0.2) is 21.9 Å². The van der Waals surface area contributed by atoms with Crippen LogP contribution in [0, 0.1) is 30.1 Å². The minimum atomic E-state index is -0.0864. The molecule has 1 aliphatic heterocycles. The zero-order chi connectivity index (χ0) is 21.9. The molecule has 170 valence electrons. The molecule has 3 heterocycles. The van der Waals surface area contributed by atoms with Gasteiger partial charge in [-0.1, -0.05) is 6.07 Å². The average Bonchev–Trinajstić information content (AvgIpc) is 3.43. The van der Waals surface area contributed by atoms with E-state index < -0.39 is 0 Å². The smallest absolute Gasteiger partial charge is 0.236 e. The molecule has 1 saturated heterocycles. The summed E-state index contributed by atoms with van der Waals surface area (Å²) in [6, 6.07) is 3.94. The molecule has 7 heteroatoms. The second-order valence-corrected chi connectivity index (χ2v) is 11.5. The second-order valence-electron chi connectivity index (χ2n) is 10.5. The van der Waals surface area contributed by atoms with Crippen LogP contribution < -0.4 is 0 Å². The number of piperazine rings is 1. The Labute approximate surface area is 193 Å². The largest absolute Gasteiger partial charge is 0.440 e. The summed E-state index contributed by atoms with van der Waals surface area (Å²) in [7, 11) is 0. The topological polar surface area (TPSA) is 66.7 Å². The van der Waals surface area contributed by atoms with E-state index in [-0.39, 0.29) is 17.7 Å². The van der Waals surface area contributed by atoms with E-state index in [1.54, 1.807) is 11.3 Å². The van der Waals surface area contributed by atoms with Crippen molar-refractivity contribution < 1.29 is 14.0 Å². The fourth-order valence-electron chi connectivity index (χ4n) is 7.22. The van der Waals surface area contributed by atoms with E-state index in [1.807, 2.05) is 29.3 Å². The van der Waals surface area contributed by atoms with Gasteiger partial charge < -0.3 is 14.2 Å². The molecule has 0 N–H and O–H groups in total. The summed E-state index contributed by atoms with van der Waals surface area (Å²) in [4.78, 5) is 36.0. The fourth-order valence-corrected chi connectivity index (χ4v) is 7.87. The van der Waals surface area contributed by atoms with Gasteiger partial charge in [-0.3, -0.25) is 9.59 Å². The number of hydrogen-bond donors (Lipinski definition) is 0. The number of aryl methyl sites for hydroxylation is 1. The van der Waals surface area contributed by atoms with Crippen LogP contribution in [-0.4, -0.2) is 52.8 Å². The summed E-state index contributed by atoms with van der Waals surface area (Å²) in [5.41, 5.74) is 0.627. The Kier molecular flexibility index (Phi) is 4.93. The third-order valence-electron chi connectivity index (χ3n) is 8.35. The van der Waals surface area contributed by atoms with Crippen molar-refractivity contribution in [3.05, 3.63) is 29.0 Å². The fraction of sp³-hybridized carbons (Fsp3) is 0.640. The molecule has 6 nitrogen and oxygen atoms in total. The van der Waals surface area contributed by atoms with E-state index in [4.69, 9.17) is 4.42 Å². The predicted molar refractivity (Wildman–Crippen MR) is 122 cm³/mol. The van der Waals surface area contributed by atoms with Gasteiger partial charge in [0.25, 0.3) is 0 Å². The molecule has 5 aliphatic rings. The minimum Gasteiger partial charge on any atom is -0.440 e. The summed E-state index contributed by atoms with van der Waals surface area (Å²) in [5.74, 6) is 4.08. The highest BCUT2D eigenvalue weighted by Gasteiger charge is 2.55. The number of oxazole rings is 1. The van der Waals surface area contributed by atoms with Gasteiger partial charge in [0.15, 0.2) is 0 Å². The number of nitrogens with zero attached hydrogens (tertiary/aromatic N) is 3. The molecule has 2 aromatic rings. The first kappa shape index (κ1) is 20.5. The van der Waals surface area contributed by atoms with E-state index >= 15 is 0 Å². The van der Waals surface area contributed by atoms with Crippen molar-refractivity contribution in [1.82, 2.24) is 14.8 Å². The van der Waals surface area contributed by atoms with Crippen molar-refractivity contribution in [2.24, 2.45) is 23.2 Å². The van der Waals surface area contributed by atoms with Crippen LogP contribution in [0.3, 0.4) is 0 Å². The molecule has 4 aliphatic carbocycles. The quantitative estimate of drug-likeness (QED) is 0.698. The molecule has 2 amide bonds. The van der Waals surface area contributed by atoms with Gasteiger partial charge in [0, 0.05) is 26.2 Å². The molecule has 2 aromatic heterocycles. The Morgan fingerprint density at radius 3 is 2.28 bits per heavy atom. The lowest BCUT2D eigenvalue weighted by molar-refractivity contribution is -0.160. The zero-order valence-corrected chi connectivity index (χ0v) is 19.5. The van der Waals surface area contributed by atoms with E-state index in [2.05, 4.69) is 9.88 Å². The highest BCUT2D eigenvalue weighted by molar-refractivity contribution is 7.13. The van der Waals surface area contributed by atoms with Crippen molar-refractivity contribution in [3.8, 4) is 10.8 Å². The van der Waals surface area contributed by atoms with Gasteiger partial charge in [0.1, 0.15) is 5.76 Å². The number of amides is 2. The normalized spacial score (nSPS) is 31.3. The van der Waals surface area contributed by atoms with Crippen LogP contribution in [-0.2, 0) is 16.0 Å². The van der Waals surface area contributed by atoms with E-state index in [9.17, 15) is 9.59 Å². The van der Waals surface area contributed by atoms with Crippen LogP contribution >= 0.6 is 11.3 Å². The lowest BCUT2D eigenvalue weighted by Gasteiger charge is -2.57. The molecule has 32 heavy (non-hydrogen) atoms. The number of hydrogen-bond acceptors (Lipinski definition) is 5. The lowest BCUT2D eigenvalue weighted by Crippen LogP contribution is -2.58. The van der Waals surface area contributed by atoms with E-state index in [1.165, 1.54) is 19.3 Å². The van der Waals surface area contributed by atoms with Gasteiger partial charge in [0.2, 0.25) is 17.7 Å². The van der Waals surface area contributed by atoms with Crippen molar-refractivity contribution in [3.63, 3.8) is 0 Å².